The molecule has 0 fully saturated rings. The Morgan fingerprint density at radius 2 is 2.00 bits per heavy atom. The van der Waals surface area contributed by atoms with Crippen molar-refractivity contribution in [3.8, 4) is 0 Å². The van der Waals surface area contributed by atoms with Crippen LogP contribution in [0.4, 0.5) is 4.79 Å². The molecule has 0 aromatic heterocycles. The normalized spacial score (nSPS) is 12.5. The maximum absolute atomic E-state index is 11.1. The molecule has 2 amide bonds. The number of nitrogens with two attached hydrogens (primary N) is 1. The smallest absolute Gasteiger partial charge is 0.332 e. The average Bonchev–Trinajstić information content (AvgIpc) is 1.97. The van der Waals surface area contributed by atoms with Crippen molar-refractivity contribution < 1.29 is 4.79 Å². The van der Waals surface area contributed by atoms with Gasteiger partial charge in [-0.05, 0) is 27.7 Å². The third-order valence-corrected chi connectivity index (χ3v) is 1.13. The largest absolute Gasteiger partial charge is 0.335 e. The Labute approximate surface area is 78.8 Å². The molecule has 0 aromatic carbocycles. The molecule has 0 bridgehead atoms. The van der Waals surface area contributed by atoms with E-state index in [4.69, 9.17) is 5.73 Å². The van der Waals surface area contributed by atoms with E-state index in [-0.39, 0.29) is 11.6 Å². The van der Waals surface area contributed by atoms with Crippen LogP contribution in [0.25, 0.3) is 0 Å². The molecular formula is C8H18N4O. The Balaban J connectivity index is 3.90. The first-order chi connectivity index (χ1) is 5.85. The lowest BCUT2D eigenvalue weighted by Gasteiger charge is -2.19. The summed E-state index contributed by atoms with van der Waals surface area (Å²) in [5.41, 5.74) is 8.06. The second-order valence-electron chi connectivity index (χ2n) is 3.87. The molecule has 0 heterocycles. The first-order valence-corrected chi connectivity index (χ1v) is 4.16. The molecule has 5 heteroatoms. The minimum Gasteiger partial charge on any atom is -0.332 e. The van der Waals surface area contributed by atoms with Gasteiger partial charge in [0, 0.05) is 17.8 Å². The van der Waals surface area contributed by atoms with Gasteiger partial charge >= 0.3 is 6.03 Å². The number of carbonyl (C=O) groups excluding carboxylic acids is 1. The van der Waals surface area contributed by atoms with Gasteiger partial charge in [0.05, 0.1) is 0 Å². The summed E-state index contributed by atoms with van der Waals surface area (Å²) in [6, 6.07) is -0.319. The van der Waals surface area contributed by atoms with Crippen LogP contribution in [0.5, 0.6) is 0 Å². The van der Waals surface area contributed by atoms with E-state index in [0.29, 0.717) is 12.3 Å². The summed E-state index contributed by atoms with van der Waals surface area (Å²) in [7, 11) is 0. The fourth-order valence-electron chi connectivity index (χ4n) is 0.560. The van der Waals surface area contributed by atoms with Gasteiger partial charge in [-0.1, -0.05) is 0 Å². The SMILES string of the molecule is C/C(CN)=N\NC(=O)NC(C)(C)C. The maximum Gasteiger partial charge on any atom is 0.335 e. The number of nitrogens with zero attached hydrogens (tertiary/aromatic N) is 1. The quantitative estimate of drug-likeness (QED) is 0.431. The number of amides is 2. The summed E-state index contributed by atoms with van der Waals surface area (Å²) in [4.78, 5) is 11.1. The highest BCUT2D eigenvalue weighted by molar-refractivity contribution is 5.85. The van der Waals surface area contributed by atoms with Crippen molar-refractivity contribution in [2.24, 2.45) is 10.8 Å². The zero-order valence-corrected chi connectivity index (χ0v) is 8.64. The van der Waals surface area contributed by atoms with E-state index in [1.165, 1.54) is 0 Å². The molecule has 0 saturated carbocycles. The van der Waals surface area contributed by atoms with Crippen molar-refractivity contribution >= 4 is 11.7 Å². The summed E-state index contributed by atoms with van der Waals surface area (Å²) in [6.45, 7) is 7.78. The molecule has 0 rings (SSSR count). The van der Waals surface area contributed by atoms with Crippen molar-refractivity contribution in [3.63, 3.8) is 0 Å². The van der Waals surface area contributed by atoms with Gasteiger partial charge in [-0.25, -0.2) is 10.2 Å². The molecule has 76 valence electrons. The number of rotatable bonds is 2. The summed E-state index contributed by atoms with van der Waals surface area (Å²) in [6.07, 6.45) is 0. The highest BCUT2D eigenvalue weighted by Crippen LogP contribution is 1.96. The third kappa shape index (κ3) is 7.27. The molecule has 0 unspecified atom stereocenters. The molecule has 4 N–H and O–H groups in total. The molecule has 0 spiro atoms. The minimum atomic E-state index is -0.319. The van der Waals surface area contributed by atoms with Crippen LogP contribution in [-0.4, -0.2) is 23.8 Å². The van der Waals surface area contributed by atoms with Crippen molar-refractivity contribution in [1.82, 2.24) is 10.7 Å². The van der Waals surface area contributed by atoms with Crippen LogP contribution in [0.2, 0.25) is 0 Å². The van der Waals surface area contributed by atoms with Crippen molar-refractivity contribution in [2.75, 3.05) is 6.54 Å². The fourth-order valence-corrected chi connectivity index (χ4v) is 0.560. The Morgan fingerprint density at radius 1 is 1.46 bits per heavy atom. The molecule has 13 heavy (non-hydrogen) atoms. The fraction of sp³-hybridized carbons (Fsp3) is 0.750. The second-order valence-corrected chi connectivity index (χ2v) is 3.87. The Morgan fingerprint density at radius 3 is 2.38 bits per heavy atom. The molecule has 0 atom stereocenters. The molecule has 0 aromatic rings. The molecule has 0 aliphatic rings. The van der Waals surface area contributed by atoms with Crippen LogP contribution < -0.4 is 16.5 Å². The zero-order chi connectivity index (χ0) is 10.5. The number of hydrogen-bond acceptors (Lipinski definition) is 3. The molecule has 0 saturated heterocycles. The number of nitrogens with one attached hydrogen (secondary N) is 2. The molecule has 0 aliphatic heterocycles. The van der Waals surface area contributed by atoms with E-state index >= 15 is 0 Å². The third-order valence-electron chi connectivity index (χ3n) is 1.13. The van der Waals surface area contributed by atoms with Gasteiger partial charge in [0.1, 0.15) is 0 Å². The van der Waals surface area contributed by atoms with Crippen molar-refractivity contribution in [2.45, 2.75) is 33.2 Å². The summed E-state index contributed by atoms with van der Waals surface area (Å²) in [5.74, 6) is 0. The van der Waals surface area contributed by atoms with Gasteiger partial charge in [-0.2, -0.15) is 5.10 Å². The number of carbonyl (C=O) groups is 1. The second kappa shape index (κ2) is 4.81. The maximum atomic E-state index is 11.1. The van der Waals surface area contributed by atoms with Crippen LogP contribution in [-0.2, 0) is 0 Å². The highest BCUT2D eigenvalue weighted by Gasteiger charge is 2.12. The van der Waals surface area contributed by atoms with Gasteiger partial charge in [-0.3, -0.25) is 0 Å². The first kappa shape index (κ1) is 11.9. The lowest BCUT2D eigenvalue weighted by molar-refractivity contribution is 0.232. The molecule has 0 aliphatic carbocycles. The van der Waals surface area contributed by atoms with Gasteiger partial charge in [0.25, 0.3) is 0 Å². The van der Waals surface area contributed by atoms with Gasteiger partial charge in [0.15, 0.2) is 0 Å². The van der Waals surface area contributed by atoms with E-state index in [1.807, 2.05) is 20.8 Å². The van der Waals surface area contributed by atoms with Crippen molar-refractivity contribution in [1.29, 1.82) is 0 Å². The lowest BCUT2D eigenvalue weighted by atomic mass is 10.1. The highest BCUT2D eigenvalue weighted by atomic mass is 16.2. The van der Waals surface area contributed by atoms with Crippen LogP contribution >= 0.6 is 0 Å². The Bertz CT molecular complexity index is 205. The van der Waals surface area contributed by atoms with Crippen LogP contribution in [0.3, 0.4) is 0 Å². The van der Waals surface area contributed by atoms with Gasteiger partial charge in [0.2, 0.25) is 0 Å². The van der Waals surface area contributed by atoms with Crippen LogP contribution in [0.1, 0.15) is 27.7 Å². The topological polar surface area (TPSA) is 79.5 Å². The predicted octanol–water partition coefficient (Wildman–Crippen LogP) is 0.419. The predicted molar refractivity (Wildman–Crippen MR) is 53.6 cm³/mol. The van der Waals surface area contributed by atoms with Crippen LogP contribution in [0.15, 0.2) is 5.10 Å². The Hall–Kier alpha value is -1.10. The van der Waals surface area contributed by atoms with E-state index < -0.39 is 0 Å². The summed E-state index contributed by atoms with van der Waals surface area (Å²) >= 11 is 0. The monoisotopic (exact) mass is 186 g/mol. The van der Waals surface area contributed by atoms with E-state index in [0.717, 1.165) is 0 Å². The van der Waals surface area contributed by atoms with Gasteiger partial charge in [-0.15, -0.1) is 0 Å². The molecule has 5 nitrogen and oxygen atoms in total. The lowest BCUT2D eigenvalue weighted by Crippen LogP contribution is -2.45. The number of hydrogen-bond donors (Lipinski definition) is 3. The Kier molecular flexibility index (Phi) is 4.40. The number of hydrazone groups is 1. The van der Waals surface area contributed by atoms with Gasteiger partial charge < -0.3 is 11.1 Å². The first-order valence-electron chi connectivity index (χ1n) is 4.16. The van der Waals surface area contributed by atoms with Crippen molar-refractivity contribution in [3.05, 3.63) is 0 Å². The van der Waals surface area contributed by atoms with E-state index in [2.05, 4.69) is 15.8 Å². The van der Waals surface area contributed by atoms with Crippen LogP contribution in [0, 0.1) is 0 Å². The summed E-state index contributed by atoms with van der Waals surface area (Å²) < 4.78 is 0. The minimum absolute atomic E-state index is 0.254. The molecule has 0 radical (unpaired) electrons. The number of urea groups is 1. The standard InChI is InChI=1S/C8H18N4O/c1-6(5-9)11-12-7(13)10-8(2,3)4/h5,9H2,1-4H3,(H2,10,12,13)/b11-6+. The van der Waals surface area contributed by atoms with E-state index in [1.54, 1.807) is 6.92 Å². The van der Waals surface area contributed by atoms with E-state index in [9.17, 15) is 4.79 Å². The molecular weight excluding hydrogens is 168 g/mol. The summed E-state index contributed by atoms with van der Waals surface area (Å²) in [5, 5.41) is 6.46. The average molecular weight is 186 g/mol. The zero-order valence-electron chi connectivity index (χ0n) is 8.64.